The van der Waals surface area contributed by atoms with Crippen LogP contribution in [-0.4, -0.2) is 49.3 Å². The Morgan fingerprint density at radius 1 is 0.342 bits per heavy atom. The number of carbonyl (C=O) groups excluding carboxylic acids is 2. The van der Waals surface area contributed by atoms with Crippen molar-refractivity contribution in [2.45, 2.75) is 386 Å². The summed E-state index contributed by atoms with van der Waals surface area (Å²) in [7, 11) is -4.38. The molecule has 0 heterocycles. The summed E-state index contributed by atoms with van der Waals surface area (Å²) in [5.41, 5.74) is 5.39. The zero-order valence-corrected chi connectivity index (χ0v) is 51.9. The molecule has 0 bridgehead atoms. The van der Waals surface area contributed by atoms with Crippen molar-refractivity contribution in [3.05, 3.63) is 0 Å². The van der Waals surface area contributed by atoms with Gasteiger partial charge in [0, 0.05) is 19.4 Å². The van der Waals surface area contributed by atoms with Crippen LogP contribution in [0.2, 0.25) is 0 Å². The van der Waals surface area contributed by atoms with Crippen molar-refractivity contribution in [2.24, 2.45) is 5.73 Å². The summed E-state index contributed by atoms with van der Waals surface area (Å²) < 4.78 is 33.1. The third-order valence-corrected chi connectivity index (χ3v) is 16.7. The quantitative estimate of drug-likeness (QED) is 0.0347. The van der Waals surface area contributed by atoms with Crippen LogP contribution in [0.15, 0.2) is 0 Å². The molecule has 3 N–H and O–H groups in total. The highest BCUT2D eigenvalue weighted by atomic mass is 31.2. The Bertz CT molecular complexity index is 1210. The molecule has 0 fully saturated rings. The molecule has 0 aliphatic carbocycles. The lowest BCUT2D eigenvalue weighted by Crippen LogP contribution is -2.29. The monoisotopic (exact) mass is 1100 g/mol. The highest BCUT2D eigenvalue weighted by molar-refractivity contribution is 7.47. The predicted octanol–water partition coefficient (Wildman–Crippen LogP) is 21.8. The zero-order valence-electron chi connectivity index (χ0n) is 51.0. The van der Waals surface area contributed by atoms with Crippen molar-refractivity contribution in [2.75, 3.05) is 26.4 Å². The average molecular weight is 1100 g/mol. The molecule has 0 aromatic carbocycles. The summed E-state index contributed by atoms with van der Waals surface area (Å²) in [5.74, 6) is -0.801. The molecular weight excluding hydrogens is 966 g/mol. The van der Waals surface area contributed by atoms with Crippen molar-refractivity contribution >= 4 is 19.8 Å². The predicted molar refractivity (Wildman–Crippen MR) is 326 cm³/mol. The van der Waals surface area contributed by atoms with Gasteiger partial charge in [-0.25, -0.2) is 4.57 Å². The maximum absolute atomic E-state index is 12.7. The molecule has 454 valence electrons. The van der Waals surface area contributed by atoms with E-state index in [4.69, 9.17) is 24.3 Å². The number of nitrogens with two attached hydrogens (primary N) is 1. The van der Waals surface area contributed by atoms with E-state index in [1.165, 1.54) is 315 Å². The topological polar surface area (TPSA) is 134 Å². The number of unbranched alkanes of at least 4 members (excludes halogenated alkanes) is 53. The van der Waals surface area contributed by atoms with E-state index in [1.54, 1.807) is 0 Å². The molecule has 2 atom stereocenters. The molecule has 0 radical (unpaired) electrons. The summed E-state index contributed by atoms with van der Waals surface area (Å²) in [6.45, 7) is 3.83. The Labute approximate surface area is 473 Å². The zero-order chi connectivity index (χ0) is 55.2. The molecule has 0 aromatic rings. The number of phosphoric acid groups is 1. The molecule has 2 unspecified atom stereocenters. The molecule has 10 heteroatoms. The fraction of sp³-hybridized carbons (Fsp3) is 0.970. The Morgan fingerprint density at radius 2 is 0.566 bits per heavy atom. The Balaban J connectivity index is 3.70. The molecular formula is C66H132NO8P. The van der Waals surface area contributed by atoms with Gasteiger partial charge in [-0.2, -0.15) is 0 Å². The first-order chi connectivity index (χ1) is 37.3. The summed E-state index contributed by atoms with van der Waals surface area (Å²) >= 11 is 0. The Morgan fingerprint density at radius 3 is 0.803 bits per heavy atom. The minimum atomic E-state index is -4.38. The van der Waals surface area contributed by atoms with Gasteiger partial charge in [0.15, 0.2) is 6.10 Å². The number of carbonyl (C=O) groups is 2. The normalized spacial score (nSPS) is 12.8. The standard InChI is InChI=1S/C66H132NO8P/c1-3-5-7-9-11-13-15-17-19-21-22-23-24-25-26-27-28-29-30-31-32-33-34-35-36-37-38-39-40-41-42-43-45-47-49-51-53-55-57-59-66(69)75-64(63-74-76(70,71)73-61-60-67)62-72-65(68)58-56-54-52-50-48-46-44-20-18-16-14-12-10-8-6-4-2/h64H,3-63,67H2,1-2H3,(H,70,71). The lowest BCUT2D eigenvalue weighted by Gasteiger charge is -2.19. The van der Waals surface area contributed by atoms with Gasteiger partial charge < -0.3 is 20.1 Å². The lowest BCUT2D eigenvalue weighted by atomic mass is 10.0. The molecule has 0 saturated carbocycles. The molecule has 9 nitrogen and oxygen atoms in total. The number of ether oxygens (including phenoxy) is 2. The Kier molecular flexibility index (Phi) is 62.4. The van der Waals surface area contributed by atoms with Gasteiger partial charge in [-0.1, -0.05) is 354 Å². The van der Waals surface area contributed by atoms with Crippen LogP contribution in [0.5, 0.6) is 0 Å². The van der Waals surface area contributed by atoms with Gasteiger partial charge in [0.1, 0.15) is 6.61 Å². The van der Waals surface area contributed by atoms with E-state index in [0.29, 0.717) is 6.42 Å². The molecule has 0 saturated heterocycles. The minimum absolute atomic E-state index is 0.0586. The van der Waals surface area contributed by atoms with Gasteiger partial charge in [0.05, 0.1) is 13.2 Å². The number of hydrogen-bond acceptors (Lipinski definition) is 8. The van der Waals surface area contributed by atoms with Crippen LogP contribution >= 0.6 is 7.82 Å². The second kappa shape index (κ2) is 63.2. The van der Waals surface area contributed by atoms with Gasteiger partial charge >= 0.3 is 19.8 Å². The van der Waals surface area contributed by atoms with Crippen molar-refractivity contribution in [1.82, 2.24) is 0 Å². The Hall–Kier alpha value is -0.990. The highest BCUT2D eigenvalue weighted by Crippen LogP contribution is 2.43. The van der Waals surface area contributed by atoms with Gasteiger partial charge in [-0.05, 0) is 12.8 Å². The highest BCUT2D eigenvalue weighted by Gasteiger charge is 2.26. The van der Waals surface area contributed by atoms with E-state index in [9.17, 15) is 19.0 Å². The van der Waals surface area contributed by atoms with Gasteiger partial charge in [-0.3, -0.25) is 18.6 Å². The molecule has 0 rings (SSSR count). The van der Waals surface area contributed by atoms with Crippen LogP contribution in [0.4, 0.5) is 0 Å². The molecule has 0 amide bonds. The van der Waals surface area contributed by atoms with Crippen LogP contribution in [-0.2, 0) is 32.7 Å². The number of rotatable bonds is 66. The summed E-state index contributed by atoms with van der Waals surface area (Å²) in [6.07, 6.45) is 73.6. The van der Waals surface area contributed by atoms with Crippen LogP contribution in [0, 0.1) is 0 Å². The summed E-state index contributed by atoms with van der Waals surface area (Å²) in [4.78, 5) is 35.2. The third-order valence-electron chi connectivity index (χ3n) is 15.7. The summed E-state index contributed by atoms with van der Waals surface area (Å²) in [6, 6.07) is 0. The number of phosphoric ester groups is 1. The lowest BCUT2D eigenvalue weighted by molar-refractivity contribution is -0.161. The van der Waals surface area contributed by atoms with Crippen LogP contribution in [0.25, 0.3) is 0 Å². The molecule has 0 spiro atoms. The number of esters is 2. The van der Waals surface area contributed by atoms with E-state index in [-0.39, 0.29) is 38.6 Å². The molecule has 0 aliphatic heterocycles. The van der Waals surface area contributed by atoms with Gasteiger partial charge in [-0.15, -0.1) is 0 Å². The van der Waals surface area contributed by atoms with Crippen molar-refractivity contribution in [3.63, 3.8) is 0 Å². The average Bonchev–Trinajstić information content (AvgIpc) is 3.41. The van der Waals surface area contributed by atoms with Gasteiger partial charge in [0.2, 0.25) is 0 Å². The second-order valence-corrected chi connectivity index (χ2v) is 24.9. The van der Waals surface area contributed by atoms with Crippen LogP contribution < -0.4 is 5.73 Å². The van der Waals surface area contributed by atoms with E-state index in [1.807, 2.05) is 0 Å². The molecule has 0 aromatic heterocycles. The van der Waals surface area contributed by atoms with E-state index < -0.39 is 26.5 Å². The van der Waals surface area contributed by atoms with Crippen molar-refractivity contribution in [1.29, 1.82) is 0 Å². The molecule has 0 aliphatic rings. The van der Waals surface area contributed by atoms with E-state index in [0.717, 1.165) is 32.1 Å². The minimum Gasteiger partial charge on any atom is -0.462 e. The fourth-order valence-corrected chi connectivity index (χ4v) is 11.5. The van der Waals surface area contributed by atoms with E-state index >= 15 is 0 Å². The van der Waals surface area contributed by atoms with E-state index in [2.05, 4.69) is 13.8 Å². The first-order valence-electron chi connectivity index (χ1n) is 34.0. The SMILES string of the molecule is CCCCCCCCCCCCCCCCCCCCCCCCCCCCCCCCCCCCCCCCCC(=O)OC(COC(=O)CCCCCCCCCCCCCCCCCC)COP(=O)(O)OCCN. The van der Waals surface area contributed by atoms with Crippen LogP contribution in [0.3, 0.4) is 0 Å². The first-order valence-corrected chi connectivity index (χ1v) is 35.5. The first kappa shape index (κ1) is 75.0. The number of hydrogen-bond donors (Lipinski definition) is 2. The van der Waals surface area contributed by atoms with Gasteiger partial charge in [0.25, 0.3) is 0 Å². The third kappa shape index (κ3) is 62.2. The second-order valence-electron chi connectivity index (χ2n) is 23.4. The van der Waals surface area contributed by atoms with Crippen molar-refractivity contribution < 1.29 is 37.6 Å². The smallest absolute Gasteiger partial charge is 0.462 e. The van der Waals surface area contributed by atoms with Crippen LogP contribution in [0.1, 0.15) is 380 Å². The maximum Gasteiger partial charge on any atom is 0.472 e. The summed E-state index contributed by atoms with van der Waals surface area (Å²) in [5, 5.41) is 0. The molecule has 76 heavy (non-hydrogen) atoms. The largest absolute Gasteiger partial charge is 0.472 e. The fourth-order valence-electron chi connectivity index (χ4n) is 10.7. The maximum atomic E-state index is 12.7. The van der Waals surface area contributed by atoms with Crippen molar-refractivity contribution in [3.8, 4) is 0 Å².